The molecular weight excluding hydrogens is 306 g/mol. The maximum absolute atomic E-state index is 4.48. The summed E-state index contributed by atoms with van der Waals surface area (Å²) in [7, 11) is 0. The molecule has 2 rings (SSSR count). The Balaban J connectivity index is 2.57. The minimum Gasteiger partial charge on any atom is -0.248 e. The number of hydrogen-bond donors (Lipinski definition) is 0. The molecule has 0 aliphatic carbocycles. The van der Waals surface area contributed by atoms with E-state index in [1.54, 1.807) is 0 Å². The molecule has 0 spiro atoms. The van der Waals surface area contributed by atoms with E-state index in [-0.39, 0.29) is 0 Å². The van der Waals surface area contributed by atoms with Gasteiger partial charge in [0.15, 0.2) is 0 Å². The van der Waals surface area contributed by atoms with Crippen LogP contribution in [-0.2, 0) is 0 Å². The largest absolute Gasteiger partial charge is 0.248 e. The number of fused-ring (bicyclic) bond motifs is 1. The van der Waals surface area contributed by atoms with Gasteiger partial charge >= 0.3 is 0 Å². The molecule has 0 atom stereocenters. The van der Waals surface area contributed by atoms with Gasteiger partial charge < -0.3 is 0 Å². The highest BCUT2D eigenvalue weighted by Crippen LogP contribution is 2.19. The molecular formula is C11H7Br2N. The lowest BCUT2D eigenvalue weighted by Crippen LogP contribution is -1.82. The lowest BCUT2D eigenvalue weighted by molar-refractivity contribution is 1.37. The van der Waals surface area contributed by atoms with E-state index in [4.69, 9.17) is 0 Å². The molecule has 0 saturated carbocycles. The Morgan fingerprint density at radius 3 is 2.64 bits per heavy atom. The number of para-hydroxylation sites is 1. The molecule has 2 aromatic rings. The summed E-state index contributed by atoms with van der Waals surface area (Å²) in [5, 5.41) is 1.16. The zero-order valence-corrected chi connectivity index (χ0v) is 10.4. The SMILES string of the molecule is BrC(Br)=Cc1ccc2ccccc2n1. The molecule has 70 valence electrons. The Kier molecular flexibility index (Phi) is 2.99. The molecule has 1 heterocycles. The Bertz CT molecular complexity index is 487. The van der Waals surface area contributed by atoms with Gasteiger partial charge in [-0.2, -0.15) is 0 Å². The number of pyridine rings is 1. The second-order valence-corrected chi connectivity index (χ2v) is 5.64. The van der Waals surface area contributed by atoms with Gasteiger partial charge in [-0.3, -0.25) is 0 Å². The van der Waals surface area contributed by atoms with Crippen molar-refractivity contribution in [2.45, 2.75) is 0 Å². The highest BCUT2D eigenvalue weighted by atomic mass is 79.9. The van der Waals surface area contributed by atoms with Crippen LogP contribution < -0.4 is 0 Å². The number of nitrogens with zero attached hydrogens (tertiary/aromatic N) is 1. The van der Waals surface area contributed by atoms with Crippen molar-refractivity contribution >= 4 is 48.8 Å². The molecule has 14 heavy (non-hydrogen) atoms. The molecule has 1 aromatic carbocycles. The Hall–Kier alpha value is -0.670. The summed E-state index contributed by atoms with van der Waals surface area (Å²) < 4.78 is 0.896. The third kappa shape index (κ3) is 2.22. The van der Waals surface area contributed by atoms with Crippen molar-refractivity contribution in [1.29, 1.82) is 0 Å². The zero-order valence-electron chi connectivity index (χ0n) is 7.24. The minimum atomic E-state index is 0.896. The number of hydrogen-bond acceptors (Lipinski definition) is 1. The van der Waals surface area contributed by atoms with Crippen LogP contribution in [0.5, 0.6) is 0 Å². The standard InChI is InChI=1S/C11H7Br2N/c12-11(13)7-9-6-5-8-3-1-2-4-10(8)14-9/h1-7H. The number of aromatic nitrogens is 1. The molecule has 1 nitrogen and oxygen atoms in total. The van der Waals surface area contributed by atoms with Crippen molar-refractivity contribution in [3.05, 3.63) is 45.5 Å². The minimum absolute atomic E-state index is 0.896. The summed E-state index contributed by atoms with van der Waals surface area (Å²) >= 11 is 6.63. The van der Waals surface area contributed by atoms with Gasteiger partial charge in [-0.1, -0.05) is 24.3 Å². The maximum atomic E-state index is 4.48. The predicted octanol–water partition coefficient (Wildman–Crippen LogP) is 4.32. The quantitative estimate of drug-likeness (QED) is 0.764. The van der Waals surface area contributed by atoms with Gasteiger partial charge in [-0.15, -0.1) is 0 Å². The summed E-state index contributed by atoms with van der Waals surface area (Å²) in [6.07, 6.45) is 1.92. The van der Waals surface area contributed by atoms with Crippen LogP contribution in [0.2, 0.25) is 0 Å². The van der Waals surface area contributed by atoms with E-state index in [1.807, 2.05) is 30.3 Å². The fraction of sp³-hybridized carbons (Fsp3) is 0. The van der Waals surface area contributed by atoms with E-state index in [2.05, 4.69) is 49.0 Å². The van der Waals surface area contributed by atoms with E-state index in [9.17, 15) is 0 Å². The van der Waals surface area contributed by atoms with Crippen molar-refractivity contribution in [1.82, 2.24) is 4.98 Å². The van der Waals surface area contributed by atoms with Crippen LogP contribution in [0.15, 0.2) is 39.8 Å². The predicted molar refractivity (Wildman–Crippen MR) is 67.6 cm³/mol. The molecule has 0 aliphatic rings. The first-order valence-electron chi connectivity index (χ1n) is 4.14. The van der Waals surface area contributed by atoms with Crippen LogP contribution in [0.1, 0.15) is 5.69 Å². The Morgan fingerprint density at radius 1 is 1.07 bits per heavy atom. The zero-order chi connectivity index (χ0) is 9.97. The van der Waals surface area contributed by atoms with Gasteiger partial charge in [0.2, 0.25) is 0 Å². The number of rotatable bonds is 1. The van der Waals surface area contributed by atoms with E-state index >= 15 is 0 Å². The van der Waals surface area contributed by atoms with E-state index in [0.717, 1.165) is 20.0 Å². The molecule has 1 aromatic heterocycles. The normalized spacial score (nSPS) is 10.1. The number of halogens is 2. The first-order valence-corrected chi connectivity index (χ1v) is 5.73. The average molecular weight is 313 g/mol. The Labute approximate surface area is 99.1 Å². The van der Waals surface area contributed by atoms with Crippen LogP contribution in [0.4, 0.5) is 0 Å². The van der Waals surface area contributed by atoms with E-state index in [0.29, 0.717) is 0 Å². The first-order chi connectivity index (χ1) is 6.75. The smallest absolute Gasteiger partial charge is 0.0709 e. The fourth-order valence-corrected chi connectivity index (χ4v) is 1.74. The highest BCUT2D eigenvalue weighted by Gasteiger charge is 1.95. The van der Waals surface area contributed by atoms with Crippen LogP contribution in [-0.4, -0.2) is 4.98 Å². The van der Waals surface area contributed by atoms with Crippen molar-refractivity contribution in [2.24, 2.45) is 0 Å². The lowest BCUT2D eigenvalue weighted by atomic mass is 10.2. The summed E-state index contributed by atoms with van der Waals surface area (Å²) in [4.78, 5) is 4.48. The van der Waals surface area contributed by atoms with Crippen molar-refractivity contribution < 1.29 is 0 Å². The van der Waals surface area contributed by atoms with Gasteiger partial charge in [0, 0.05) is 5.39 Å². The number of benzene rings is 1. The molecule has 0 fully saturated rings. The van der Waals surface area contributed by atoms with E-state index < -0.39 is 0 Å². The first kappa shape index (κ1) is 9.87. The second kappa shape index (κ2) is 4.24. The molecule has 0 saturated heterocycles. The van der Waals surface area contributed by atoms with Gasteiger partial charge in [0.05, 0.1) is 14.6 Å². The third-order valence-electron chi connectivity index (χ3n) is 1.88. The average Bonchev–Trinajstić information content (AvgIpc) is 2.17. The Morgan fingerprint density at radius 2 is 1.86 bits per heavy atom. The van der Waals surface area contributed by atoms with Crippen molar-refractivity contribution in [3.63, 3.8) is 0 Å². The fourth-order valence-electron chi connectivity index (χ4n) is 1.27. The van der Waals surface area contributed by atoms with Crippen LogP contribution in [0.25, 0.3) is 17.0 Å². The second-order valence-electron chi connectivity index (χ2n) is 2.86. The van der Waals surface area contributed by atoms with Gasteiger partial charge in [0.25, 0.3) is 0 Å². The summed E-state index contributed by atoms with van der Waals surface area (Å²) in [5.74, 6) is 0. The third-order valence-corrected chi connectivity index (χ3v) is 2.33. The molecule has 0 N–H and O–H groups in total. The maximum Gasteiger partial charge on any atom is 0.0709 e. The van der Waals surface area contributed by atoms with Gasteiger partial charge in [-0.05, 0) is 50.1 Å². The van der Waals surface area contributed by atoms with Crippen molar-refractivity contribution in [2.75, 3.05) is 0 Å². The monoisotopic (exact) mass is 311 g/mol. The van der Waals surface area contributed by atoms with Gasteiger partial charge in [-0.25, -0.2) is 4.98 Å². The molecule has 0 aliphatic heterocycles. The summed E-state index contributed by atoms with van der Waals surface area (Å²) in [5.41, 5.74) is 1.95. The molecule has 0 radical (unpaired) electrons. The molecule has 0 bridgehead atoms. The summed E-state index contributed by atoms with van der Waals surface area (Å²) in [6.45, 7) is 0. The van der Waals surface area contributed by atoms with Crippen LogP contribution in [0, 0.1) is 0 Å². The molecule has 0 unspecified atom stereocenters. The van der Waals surface area contributed by atoms with Crippen LogP contribution >= 0.6 is 31.9 Å². The molecule has 0 amide bonds. The lowest BCUT2D eigenvalue weighted by Gasteiger charge is -1.97. The molecule has 3 heteroatoms. The summed E-state index contributed by atoms with van der Waals surface area (Å²) in [6, 6.07) is 12.1. The van der Waals surface area contributed by atoms with Crippen LogP contribution in [0.3, 0.4) is 0 Å². The van der Waals surface area contributed by atoms with Crippen molar-refractivity contribution in [3.8, 4) is 0 Å². The highest BCUT2D eigenvalue weighted by molar-refractivity contribution is 9.28. The topological polar surface area (TPSA) is 12.9 Å². The van der Waals surface area contributed by atoms with E-state index in [1.165, 1.54) is 0 Å². The van der Waals surface area contributed by atoms with Gasteiger partial charge in [0.1, 0.15) is 0 Å².